The molecule has 3 aromatic heterocycles. The number of cyclic esters (lactones) is 2. The van der Waals surface area contributed by atoms with Crippen molar-refractivity contribution in [1.82, 2.24) is 19.9 Å². The predicted molar refractivity (Wildman–Crippen MR) is 170 cm³/mol. The monoisotopic (exact) mass is 592 g/mol. The number of hydrogen-bond acceptors (Lipinski definition) is 7. The molecule has 3 aliphatic heterocycles. The summed E-state index contributed by atoms with van der Waals surface area (Å²) in [4.78, 5) is 55.7. The molecule has 44 heavy (non-hydrogen) atoms. The fourth-order valence-electron chi connectivity index (χ4n) is 6.79. The topological polar surface area (TPSA) is 127 Å². The summed E-state index contributed by atoms with van der Waals surface area (Å²) >= 11 is 0. The highest BCUT2D eigenvalue weighted by atomic mass is 16.6. The van der Waals surface area contributed by atoms with Gasteiger partial charge >= 0.3 is 17.9 Å². The molecule has 8 bridgehead atoms. The van der Waals surface area contributed by atoms with Crippen molar-refractivity contribution in [2.75, 3.05) is 7.11 Å². The second kappa shape index (κ2) is 11.0. The van der Waals surface area contributed by atoms with Gasteiger partial charge in [-0.25, -0.2) is 9.78 Å². The van der Waals surface area contributed by atoms with Crippen LogP contribution in [-0.2, 0) is 36.7 Å². The fourth-order valence-corrected chi connectivity index (χ4v) is 6.79. The Morgan fingerprint density at radius 2 is 1.80 bits per heavy atom. The van der Waals surface area contributed by atoms with Crippen LogP contribution in [0.1, 0.15) is 96.0 Å². The van der Waals surface area contributed by atoms with E-state index in [4.69, 9.17) is 19.4 Å². The van der Waals surface area contributed by atoms with Crippen LogP contribution in [0, 0.1) is 13.8 Å². The third-order valence-electron chi connectivity index (χ3n) is 9.35. The average molecular weight is 593 g/mol. The smallest absolute Gasteiger partial charge is 0.348 e. The summed E-state index contributed by atoms with van der Waals surface area (Å²) in [5.41, 5.74) is 11.9. The zero-order chi connectivity index (χ0) is 31.4. The van der Waals surface area contributed by atoms with Crippen molar-refractivity contribution in [1.29, 1.82) is 0 Å². The number of nitrogens with one attached hydrogen (secondary N) is 2. The molecule has 0 fully saturated rings. The molecule has 0 unspecified atom stereocenters. The molecule has 3 aromatic rings. The summed E-state index contributed by atoms with van der Waals surface area (Å²) in [6.07, 6.45) is 3.13. The summed E-state index contributed by atoms with van der Waals surface area (Å²) in [5.74, 6) is -2.01. The number of allylic oxidation sites excluding steroid dienone is 1. The van der Waals surface area contributed by atoms with Crippen LogP contribution >= 0.6 is 0 Å². The molecule has 0 aliphatic carbocycles. The lowest BCUT2D eigenvalue weighted by atomic mass is 9.84. The van der Waals surface area contributed by atoms with E-state index in [1.54, 1.807) is 0 Å². The van der Waals surface area contributed by atoms with Gasteiger partial charge in [-0.05, 0) is 74.1 Å². The van der Waals surface area contributed by atoms with E-state index < -0.39 is 11.9 Å². The summed E-state index contributed by atoms with van der Waals surface area (Å²) in [6.45, 7) is 14.2. The Balaban J connectivity index is 1.79. The molecule has 0 aromatic carbocycles. The lowest BCUT2D eigenvalue weighted by Crippen LogP contribution is -2.13. The van der Waals surface area contributed by atoms with E-state index in [1.807, 2.05) is 25.1 Å². The molecule has 226 valence electrons. The van der Waals surface area contributed by atoms with Crippen molar-refractivity contribution in [3.05, 3.63) is 75.4 Å². The first-order valence-electron chi connectivity index (χ1n) is 15.0. The minimum absolute atomic E-state index is 0.0967. The van der Waals surface area contributed by atoms with Crippen molar-refractivity contribution < 1.29 is 23.9 Å². The van der Waals surface area contributed by atoms with Gasteiger partial charge in [0.05, 0.1) is 36.2 Å². The standard InChI is InChI=1S/C35H36N4O5/c1-8-20-16(3)24-13-26-18(5)22(10-11-30(40)43-7)33(38-26)23-12-31(41)44-35(42)32-19(6)27(39-34(23)32)15-29-21(9-2)17(4)25(37-29)14-28(20)36-24/h8,13-15,18,22,36-37H,1,9-12H2,2-7H3/t18-,22-/m0/s1. The van der Waals surface area contributed by atoms with E-state index in [1.165, 1.54) is 7.11 Å². The first kappa shape index (κ1) is 29.3. The molecule has 0 spiro atoms. The fraction of sp³-hybridized carbons (Fsp3) is 0.343. The third kappa shape index (κ3) is 4.67. The molecule has 0 saturated carbocycles. The number of esters is 3. The van der Waals surface area contributed by atoms with Crippen LogP contribution in [0.5, 0.6) is 0 Å². The van der Waals surface area contributed by atoms with E-state index in [9.17, 15) is 14.4 Å². The number of fused-ring (bicyclic) bond motifs is 8. The van der Waals surface area contributed by atoms with E-state index >= 15 is 0 Å². The molecule has 0 amide bonds. The molecule has 6 heterocycles. The van der Waals surface area contributed by atoms with E-state index in [0.717, 1.165) is 56.4 Å². The lowest BCUT2D eigenvalue weighted by Gasteiger charge is -2.17. The molecule has 2 N–H and O–H groups in total. The number of methoxy groups -OCH3 is 1. The minimum Gasteiger partial charge on any atom is -0.469 e. The van der Waals surface area contributed by atoms with Crippen LogP contribution in [0.4, 0.5) is 0 Å². The zero-order valence-electron chi connectivity index (χ0n) is 25.9. The molecular weight excluding hydrogens is 556 g/mol. The maximum atomic E-state index is 13.3. The van der Waals surface area contributed by atoms with Gasteiger partial charge in [-0.2, -0.15) is 0 Å². The summed E-state index contributed by atoms with van der Waals surface area (Å²) in [5, 5.41) is 0. The predicted octanol–water partition coefficient (Wildman–Crippen LogP) is 6.53. The van der Waals surface area contributed by atoms with Crippen molar-refractivity contribution >= 4 is 57.2 Å². The van der Waals surface area contributed by atoms with Gasteiger partial charge in [0, 0.05) is 57.1 Å². The average Bonchev–Trinajstić information content (AvgIpc) is 3.65. The number of aryl methyl sites for hydroxylation is 3. The van der Waals surface area contributed by atoms with Crippen LogP contribution in [0.15, 0.2) is 24.8 Å². The SMILES string of the molecule is C=Cc1c(C)c2cc3nc(c4c5nc(cc6[nH]c(cc1[nH]2)c(C)c6CC)C(C)=C5C(=O)OC(=O)C4)[C@@H](CCC(=O)OC)[C@@H]3C. The molecular formula is C35H36N4O5. The Kier molecular flexibility index (Phi) is 7.35. The number of carbonyl (C=O) groups is 3. The lowest BCUT2D eigenvalue weighted by molar-refractivity contribution is -0.154. The van der Waals surface area contributed by atoms with Gasteiger partial charge in [0.15, 0.2) is 0 Å². The van der Waals surface area contributed by atoms with Crippen molar-refractivity contribution in [3.8, 4) is 0 Å². The Morgan fingerprint density at radius 1 is 1.07 bits per heavy atom. The van der Waals surface area contributed by atoms with Gasteiger partial charge in [0.25, 0.3) is 0 Å². The molecule has 9 nitrogen and oxygen atoms in total. The van der Waals surface area contributed by atoms with Gasteiger partial charge in [-0.15, -0.1) is 0 Å². The summed E-state index contributed by atoms with van der Waals surface area (Å²) < 4.78 is 10.2. The van der Waals surface area contributed by atoms with Crippen molar-refractivity contribution in [2.24, 2.45) is 0 Å². The van der Waals surface area contributed by atoms with Gasteiger partial charge in [0.2, 0.25) is 0 Å². The van der Waals surface area contributed by atoms with Gasteiger partial charge in [-0.3, -0.25) is 14.6 Å². The maximum Gasteiger partial charge on any atom is 0.348 e. The number of aromatic nitrogens is 4. The second-order valence-electron chi connectivity index (χ2n) is 11.7. The van der Waals surface area contributed by atoms with Crippen molar-refractivity contribution in [3.63, 3.8) is 0 Å². The minimum atomic E-state index is -0.713. The number of H-pyrrole nitrogens is 2. The largest absolute Gasteiger partial charge is 0.469 e. The number of ether oxygens (including phenoxy) is 2. The highest BCUT2D eigenvalue weighted by Gasteiger charge is 2.38. The number of hydrogen-bond donors (Lipinski definition) is 2. The normalized spacial score (nSPS) is 17.9. The molecule has 6 rings (SSSR count). The quantitative estimate of drug-likeness (QED) is 0.255. The molecule has 3 aliphatic rings. The summed E-state index contributed by atoms with van der Waals surface area (Å²) in [7, 11) is 1.37. The van der Waals surface area contributed by atoms with Crippen LogP contribution < -0.4 is 0 Å². The van der Waals surface area contributed by atoms with E-state index in [-0.39, 0.29) is 36.2 Å². The van der Waals surface area contributed by atoms with Gasteiger partial charge in [-0.1, -0.05) is 26.5 Å². The Morgan fingerprint density at radius 3 is 2.50 bits per heavy atom. The number of aromatic amines is 2. The Hall–Kier alpha value is -4.79. The number of rotatable bonds is 5. The molecule has 9 heteroatoms. The Labute approximate surface area is 255 Å². The third-order valence-corrected chi connectivity index (χ3v) is 9.35. The number of nitrogens with zero attached hydrogens (tertiary/aromatic N) is 2. The van der Waals surface area contributed by atoms with Gasteiger partial charge < -0.3 is 19.4 Å². The Bertz CT molecular complexity index is 1980. The van der Waals surface area contributed by atoms with E-state index in [0.29, 0.717) is 34.6 Å². The molecule has 2 atom stereocenters. The first-order chi connectivity index (χ1) is 21.1. The highest BCUT2D eigenvalue weighted by molar-refractivity contribution is 6.28. The summed E-state index contributed by atoms with van der Waals surface area (Å²) in [6, 6.07) is 6.10. The van der Waals surface area contributed by atoms with Crippen LogP contribution in [0.2, 0.25) is 0 Å². The molecule has 0 saturated heterocycles. The van der Waals surface area contributed by atoms with Crippen molar-refractivity contribution in [2.45, 2.75) is 72.1 Å². The van der Waals surface area contributed by atoms with Crippen LogP contribution in [0.3, 0.4) is 0 Å². The highest BCUT2D eigenvalue weighted by Crippen LogP contribution is 2.44. The maximum absolute atomic E-state index is 13.3. The van der Waals surface area contributed by atoms with Crippen LogP contribution in [0.25, 0.3) is 39.3 Å². The zero-order valence-corrected chi connectivity index (χ0v) is 25.9. The van der Waals surface area contributed by atoms with E-state index in [2.05, 4.69) is 50.3 Å². The van der Waals surface area contributed by atoms with Gasteiger partial charge in [0.1, 0.15) is 0 Å². The first-order valence-corrected chi connectivity index (χ1v) is 15.0. The number of carbonyl (C=O) groups excluding carboxylic acids is 3. The van der Waals surface area contributed by atoms with Crippen LogP contribution in [-0.4, -0.2) is 45.0 Å². The second-order valence-corrected chi connectivity index (χ2v) is 11.7. The molecule has 0 radical (unpaired) electrons.